The predicted molar refractivity (Wildman–Crippen MR) is 113 cm³/mol. The van der Waals surface area contributed by atoms with Crippen LogP contribution in [0.1, 0.15) is 17.5 Å². The highest BCUT2D eigenvalue weighted by Crippen LogP contribution is 2.24. The molecule has 3 aromatic rings. The highest BCUT2D eigenvalue weighted by atomic mass is 32.2. The van der Waals surface area contributed by atoms with E-state index in [1.54, 1.807) is 11.3 Å². The fraction of sp³-hybridized carbons (Fsp3) is 0.250. The van der Waals surface area contributed by atoms with Gasteiger partial charge in [0.25, 0.3) is 0 Å². The van der Waals surface area contributed by atoms with Crippen LogP contribution in [0, 0.1) is 0 Å². The van der Waals surface area contributed by atoms with Crippen LogP contribution in [0.25, 0.3) is 10.2 Å². The highest BCUT2D eigenvalue weighted by Gasteiger charge is 2.09. The predicted octanol–water partition coefficient (Wildman–Crippen LogP) is 3.85. The Morgan fingerprint density at radius 1 is 1.07 bits per heavy atom. The van der Waals surface area contributed by atoms with Gasteiger partial charge in [-0.05, 0) is 30.2 Å². The molecular formula is C20H21N3O2S2. The first-order valence-corrected chi connectivity index (χ1v) is 10.7. The number of fused-ring (bicyclic) bond motifs is 1. The van der Waals surface area contributed by atoms with Crippen LogP contribution in [0.5, 0.6) is 0 Å². The first-order valence-electron chi connectivity index (χ1n) is 8.72. The van der Waals surface area contributed by atoms with Crippen LogP contribution in [-0.4, -0.2) is 29.1 Å². The number of para-hydroxylation sites is 2. The van der Waals surface area contributed by atoms with E-state index in [-0.39, 0.29) is 18.4 Å². The molecule has 0 aliphatic heterocycles. The van der Waals surface area contributed by atoms with Gasteiger partial charge in [-0.1, -0.05) is 37.3 Å². The summed E-state index contributed by atoms with van der Waals surface area (Å²) in [6.07, 6.45) is 0.839. The fourth-order valence-corrected chi connectivity index (χ4v) is 4.46. The van der Waals surface area contributed by atoms with Gasteiger partial charge in [0.05, 0.1) is 22.5 Å². The fourth-order valence-electron chi connectivity index (χ4n) is 2.59. The number of rotatable bonds is 8. The van der Waals surface area contributed by atoms with Crippen molar-refractivity contribution in [3.05, 3.63) is 59.1 Å². The average molecular weight is 400 g/mol. The third kappa shape index (κ3) is 5.55. The number of aromatic nitrogens is 1. The Kier molecular flexibility index (Phi) is 6.84. The van der Waals surface area contributed by atoms with Gasteiger partial charge in [0.1, 0.15) is 5.01 Å². The van der Waals surface area contributed by atoms with E-state index >= 15 is 0 Å². The topological polar surface area (TPSA) is 71.1 Å². The van der Waals surface area contributed by atoms with Crippen molar-refractivity contribution in [1.29, 1.82) is 0 Å². The molecule has 0 radical (unpaired) electrons. The largest absolute Gasteiger partial charge is 0.346 e. The second-order valence-electron chi connectivity index (χ2n) is 5.90. The summed E-state index contributed by atoms with van der Waals surface area (Å²) in [6.45, 7) is 2.01. The molecule has 7 heteroatoms. The number of hydrogen-bond donors (Lipinski definition) is 2. The summed E-state index contributed by atoms with van der Waals surface area (Å²) < 4.78 is 1.15. The van der Waals surface area contributed by atoms with Gasteiger partial charge in [-0.2, -0.15) is 0 Å². The lowest BCUT2D eigenvalue weighted by atomic mass is 10.1. The molecule has 0 aliphatic rings. The van der Waals surface area contributed by atoms with Gasteiger partial charge < -0.3 is 10.6 Å². The Balaban J connectivity index is 1.39. The minimum atomic E-state index is -0.222. The second-order valence-corrected chi connectivity index (χ2v) is 8.00. The van der Waals surface area contributed by atoms with Gasteiger partial charge in [-0.3, -0.25) is 9.59 Å². The zero-order chi connectivity index (χ0) is 19.1. The van der Waals surface area contributed by atoms with Crippen molar-refractivity contribution in [3.63, 3.8) is 0 Å². The van der Waals surface area contributed by atoms with Gasteiger partial charge in [0.15, 0.2) is 0 Å². The summed E-state index contributed by atoms with van der Waals surface area (Å²) >= 11 is 3.14. The Labute approximate surface area is 166 Å². The number of anilines is 1. The normalized spacial score (nSPS) is 10.7. The van der Waals surface area contributed by atoms with Gasteiger partial charge in [-0.25, -0.2) is 4.98 Å². The Morgan fingerprint density at radius 2 is 1.85 bits per heavy atom. The summed E-state index contributed by atoms with van der Waals surface area (Å²) in [7, 11) is 0. The minimum Gasteiger partial charge on any atom is -0.346 e. The van der Waals surface area contributed by atoms with Gasteiger partial charge in [0, 0.05) is 11.4 Å². The smallest absolute Gasteiger partial charge is 0.243 e. The van der Waals surface area contributed by atoms with Crippen LogP contribution in [0.3, 0.4) is 0 Å². The van der Waals surface area contributed by atoms with Crippen molar-refractivity contribution >= 4 is 50.8 Å². The van der Waals surface area contributed by atoms with Crippen molar-refractivity contribution in [2.45, 2.75) is 19.1 Å². The van der Waals surface area contributed by atoms with Gasteiger partial charge >= 0.3 is 0 Å². The molecule has 1 aromatic heterocycles. The van der Waals surface area contributed by atoms with Crippen LogP contribution in [-0.2, 0) is 21.8 Å². The van der Waals surface area contributed by atoms with Crippen LogP contribution in [0.15, 0.2) is 48.5 Å². The number of nitrogens with zero attached hydrogens (tertiary/aromatic N) is 1. The van der Waals surface area contributed by atoms with Gasteiger partial charge in [-0.15, -0.1) is 23.1 Å². The van der Waals surface area contributed by atoms with Crippen molar-refractivity contribution < 1.29 is 9.59 Å². The first kappa shape index (κ1) is 19.4. The van der Waals surface area contributed by atoms with Gasteiger partial charge in [0.2, 0.25) is 11.8 Å². The van der Waals surface area contributed by atoms with Crippen molar-refractivity contribution in [1.82, 2.24) is 10.3 Å². The van der Waals surface area contributed by atoms with Crippen LogP contribution in [0.2, 0.25) is 0 Å². The molecule has 1 heterocycles. The van der Waals surface area contributed by atoms with Crippen LogP contribution in [0.4, 0.5) is 5.69 Å². The quantitative estimate of drug-likeness (QED) is 0.604. The number of benzene rings is 2. The molecular weight excluding hydrogens is 378 g/mol. The van der Waals surface area contributed by atoms with Crippen LogP contribution >= 0.6 is 23.1 Å². The highest BCUT2D eigenvalue weighted by molar-refractivity contribution is 7.99. The van der Waals surface area contributed by atoms with E-state index in [9.17, 15) is 9.59 Å². The molecule has 0 atom stereocenters. The second kappa shape index (κ2) is 9.53. The molecule has 0 bridgehead atoms. The third-order valence-corrected chi connectivity index (χ3v) is 6.08. The summed E-state index contributed by atoms with van der Waals surface area (Å²) in [5, 5.41) is 6.51. The zero-order valence-corrected chi connectivity index (χ0v) is 16.7. The van der Waals surface area contributed by atoms with Crippen molar-refractivity contribution in [3.8, 4) is 0 Å². The van der Waals surface area contributed by atoms with E-state index in [0.29, 0.717) is 11.5 Å². The molecule has 2 aromatic carbocycles. The molecule has 0 aliphatic carbocycles. The summed E-state index contributed by atoms with van der Waals surface area (Å²) in [5.74, 6) is 0.609. The standard InChI is InChI=1S/C20H21N3O2S2/c1-2-14-7-3-4-8-15(14)22-18(24)11-21-19(25)12-26-13-20-23-16-9-5-6-10-17(16)27-20/h3-10H,2,11-13H2,1H3,(H,21,25)(H,22,24). The summed E-state index contributed by atoms with van der Waals surface area (Å²) in [5.41, 5.74) is 2.86. The molecule has 2 N–H and O–H groups in total. The maximum absolute atomic E-state index is 12.0. The average Bonchev–Trinajstić information content (AvgIpc) is 3.09. The molecule has 27 heavy (non-hydrogen) atoms. The maximum Gasteiger partial charge on any atom is 0.243 e. The molecule has 140 valence electrons. The van der Waals surface area contributed by atoms with E-state index in [0.717, 1.165) is 32.9 Å². The lowest BCUT2D eigenvalue weighted by Crippen LogP contribution is -2.34. The molecule has 0 unspecified atom stereocenters. The van der Waals surface area contributed by atoms with E-state index in [2.05, 4.69) is 15.6 Å². The molecule has 2 amide bonds. The van der Waals surface area contributed by atoms with Crippen LogP contribution < -0.4 is 10.6 Å². The Hall–Kier alpha value is -2.38. The minimum absolute atomic E-state index is 0.0292. The third-order valence-electron chi connectivity index (χ3n) is 3.92. The number of carbonyl (C=O) groups excluding carboxylic acids is 2. The lowest BCUT2D eigenvalue weighted by Gasteiger charge is -2.10. The molecule has 0 saturated carbocycles. The number of hydrogen-bond acceptors (Lipinski definition) is 5. The number of carbonyl (C=O) groups is 2. The van der Waals surface area contributed by atoms with E-state index in [1.807, 2.05) is 55.5 Å². The summed E-state index contributed by atoms with van der Waals surface area (Å²) in [6, 6.07) is 15.7. The lowest BCUT2D eigenvalue weighted by molar-refractivity contribution is -0.122. The summed E-state index contributed by atoms with van der Waals surface area (Å²) in [4.78, 5) is 28.5. The van der Waals surface area contributed by atoms with Crippen molar-refractivity contribution in [2.75, 3.05) is 17.6 Å². The van der Waals surface area contributed by atoms with Crippen molar-refractivity contribution in [2.24, 2.45) is 0 Å². The Bertz CT molecular complexity index is 907. The monoisotopic (exact) mass is 399 g/mol. The number of aryl methyl sites for hydroxylation is 1. The number of thioether (sulfide) groups is 1. The number of nitrogens with one attached hydrogen (secondary N) is 2. The zero-order valence-electron chi connectivity index (χ0n) is 15.0. The number of amides is 2. The van der Waals surface area contributed by atoms with E-state index in [1.165, 1.54) is 11.8 Å². The molecule has 0 fully saturated rings. The molecule has 0 spiro atoms. The van der Waals surface area contributed by atoms with E-state index < -0.39 is 0 Å². The van der Waals surface area contributed by atoms with E-state index in [4.69, 9.17) is 0 Å². The molecule has 0 saturated heterocycles. The Morgan fingerprint density at radius 3 is 2.67 bits per heavy atom. The maximum atomic E-state index is 12.0. The first-order chi connectivity index (χ1) is 13.2. The SMILES string of the molecule is CCc1ccccc1NC(=O)CNC(=O)CSCc1nc2ccccc2s1. The molecule has 5 nitrogen and oxygen atoms in total. The molecule has 3 rings (SSSR count). The number of thiazole rings is 1.